The number of rotatable bonds is 0. The molecule has 0 bridgehead atoms. The molecule has 0 aromatic heterocycles. The van der Waals surface area contributed by atoms with Crippen LogP contribution < -0.4 is 0 Å². The van der Waals surface area contributed by atoms with Gasteiger partial charge < -0.3 is 4.74 Å². The molecule has 2 unspecified atom stereocenters. The Morgan fingerprint density at radius 2 is 2.07 bits per heavy atom. The van der Waals surface area contributed by atoms with Gasteiger partial charge in [-0.15, -0.1) is 0 Å². The molecule has 4 nitrogen and oxygen atoms in total. The van der Waals surface area contributed by atoms with E-state index in [1.54, 1.807) is 4.90 Å². The van der Waals surface area contributed by atoms with Crippen LogP contribution in [0.3, 0.4) is 0 Å². The summed E-state index contributed by atoms with van der Waals surface area (Å²) in [6, 6.07) is 1.91. The number of hydrogen-bond acceptors (Lipinski definition) is 3. The summed E-state index contributed by atoms with van der Waals surface area (Å²) in [5, 5.41) is 8.90. The molecule has 1 aliphatic rings. The average molecular weight is 210 g/mol. The van der Waals surface area contributed by atoms with Crippen molar-refractivity contribution in [1.82, 2.24) is 4.90 Å². The molecule has 0 aromatic carbocycles. The molecule has 1 rings (SSSR count). The van der Waals surface area contributed by atoms with Crippen molar-refractivity contribution < 1.29 is 9.53 Å². The van der Waals surface area contributed by atoms with Gasteiger partial charge in [-0.25, -0.2) is 4.79 Å². The summed E-state index contributed by atoms with van der Waals surface area (Å²) in [4.78, 5) is 13.3. The molecule has 0 N–H and O–H groups in total. The molecule has 0 saturated carbocycles. The number of nitrogens with zero attached hydrogens (tertiary/aromatic N) is 2. The molecule has 0 spiro atoms. The van der Waals surface area contributed by atoms with Gasteiger partial charge in [0.15, 0.2) is 0 Å². The Bertz CT molecular complexity index is 288. The van der Waals surface area contributed by atoms with E-state index >= 15 is 0 Å². The molecule has 1 heterocycles. The molecule has 0 aliphatic carbocycles. The summed E-state index contributed by atoms with van der Waals surface area (Å²) in [5.41, 5.74) is -0.501. The third kappa shape index (κ3) is 2.85. The second kappa shape index (κ2) is 4.09. The predicted molar refractivity (Wildman–Crippen MR) is 56.2 cm³/mol. The number of ether oxygens (including phenoxy) is 1. The maximum atomic E-state index is 11.8. The maximum Gasteiger partial charge on any atom is 0.411 e. The normalized spacial score (nSPS) is 26.2. The molecule has 1 aliphatic heterocycles. The third-order valence-electron chi connectivity index (χ3n) is 2.42. The van der Waals surface area contributed by atoms with E-state index < -0.39 is 5.60 Å². The van der Waals surface area contributed by atoms with Gasteiger partial charge in [0, 0.05) is 6.04 Å². The zero-order valence-electron chi connectivity index (χ0n) is 9.78. The highest BCUT2D eigenvalue weighted by atomic mass is 16.6. The molecule has 15 heavy (non-hydrogen) atoms. The van der Waals surface area contributed by atoms with E-state index in [4.69, 9.17) is 10.00 Å². The van der Waals surface area contributed by atoms with E-state index in [2.05, 4.69) is 6.07 Å². The lowest BCUT2D eigenvalue weighted by atomic mass is 10.2. The number of carbonyl (C=O) groups excluding carboxylic acids is 1. The minimum absolute atomic E-state index is 0.101. The fourth-order valence-corrected chi connectivity index (χ4v) is 1.73. The van der Waals surface area contributed by atoms with Crippen LogP contribution in [-0.4, -0.2) is 28.7 Å². The molecule has 84 valence electrons. The van der Waals surface area contributed by atoms with E-state index in [-0.39, 0.29) is 18.2 Å². The molecule has 1 fully saturated rings. The molecular weight excluding hydrogens is 192 g/mol. The lowest BCUT2D eigenvalue weighted by Crippen LogP contribution is -2.42. The fourth-order valence-electron chi connectivity index (χ4n) is 1.73. The van der Waals surface area contributed by atoms with Gasteiger partial charge in [0.2, 0.25) is 0 Å². The van der Waals surface area contributed by atoms with Gasteiger partial charge in [0.1, 0.15) is 11.6 Å². The number of carbonyl (C=O) groups is 1. The van der Waals surface area contributed by atoms with Crippen LogP contribution >= 0.6 is 0 Å². The zero-order chi connectivity index (χ0) is 11.6. The molecular formula is C11H18N2O2. The van der Waals surface area contributed by atoms with Crippen LogP contribution in [0.1, 0.15) is 40.5 Å². The largest absolute Gasteiger partial charge is 0.444 e. The lowest BCUT2D eigenvalue weighted by Gasteiger charge is -2.28. The first kappa shape index (κ1) is 11.8. The van der Waals surface area contributed by atoms with Crippen LogP contribution in [0, 0.1) is 11.3 Å². The summed E-state index contributed by atoms with van der Waals surface area (Å²) in [5.74, 6) is 0. The highest BCUT2D eigenvalue weighted by molar-refractivity contribution is 5.69. The van der Waals surface area contributed by atoms with Crippen molar-refractivity contribution in [3.8, 4) is 6.07 Å². The SMILES string of the molecule is CC1CCC(C#N)N1C(=O)OC(C)(C)C. The Morgan fingerprint density at radius 3 is 2.53 bits per heavy atom. The standard InChI is InChI=1S/C11H18N2O2/c1-8-5-6-9(7-12)13(8)10(14)15-11(2,3)4/h8-9H,5-6H2,1-4H3. The van der Waals surface area contributed by atoms with Crippen LogP contribution in [0.4, 0.5) is 4.79 Å². The van der Waals surface area contributed by atoms with Gasteiger partial charge >= 0.3 is 6.09 Å². The fraction of sp³-hybridized carbons (Fsp3) is 0.818. The van der Waals surface area contributed by atoms with E-state index in [0.717, 1.165) is 12.8 Å². The van der Waals surface area contributed by atoms with Crippen molar-refractivity contribution in [3.05, 3.63) is 0 Å². The topological polar surface area (TPSA) is 53.3 Å². The number of amides is 1. The number of hydrogen-bond donors (Lipinski definition) is 0. The van der Waals surface area contributed by atoms with Gasteiger partial charge in [-0.3, -0.25) is 4.90 Å². The van der Waals surface area contributed by atoms with Crippen molar-refractivity contribution in [2.75, 3.05) is 0 Å². The molecule has 1 amide bonds. The first-order valence-electron chi connectivity index (χ1n) is 5.26. The highest BCUT2D eigenvalue weighted by Crippen LogP contribution is 2.25. The molecule has 0 aromatic rings. The highest BCUT2D eigenvalue weighted by Gasteiger charge is 2.36. The van der Waals surface area contributed by atoms with E-state index in [0.29, 0.717) is 0 Å². The van der Waals surface area contributed by atoms with Gasteiger partial charge in [0.05, 0.1) is 6.07 Å². The van der Waals surface area contributed by atoms with Gasteiger partial charge in [0.25, 0.3) is 0 Å². The molecule has 2 atom stereocenters. The Balaban J connectivity index is 2.70. The number of likely N-dealkylation sites (tertiary alicyclic amines) is 1. The van der Waals surface area contributed by atoms with Gasteiger partial charge in [-0.2, -0.15) is 5.26 Å². The van der Waals surface area contributed by atoms with Gasteiger partial charge in [-0.05, 0) is 40.5 Å². The summed E-state index contributed by atoms with van der Waals surface area (Å²) in [7, 11) is 0. The first-order valence-corrected chi connectivity index (χ1v) is 5.26. The third-order valence-corrected chi connectivity index (χ3v) is 2.42. The van der Waals surface area contributed by atoms with E-state index in [9.17, 15) is 4.79 Å². The molecule has 1 saturated heterocycles. The van der Waals surface area contributed by atoms with Crippen LogP contribution in [0.2, 0.25) is 0 Å². The second-order valence-corrected chi connectivity index (χ2v) is 4.96. The Morgan fingerprint density at radius 1 is 1.47 bits per heavy atom. The van der Waals surface area contributed by atoms with E-state index in [1.165, 1.54) is 0 Å². The van der Waals surface area contributed by atoms with Crippen LogP contribution in [0.25, 0.3) is 0 Å². The monoisotopic (exact) mass is 210 g/mol. The number of nitriles is 1. The van der Waals surface area contributed by atoms with Crippen molar-refractivity contribution >= 4 is 6.09 Å². The summed E-state index contributed by atoms with van der Waals surface area (Å²) in [6.45, 7) is 7.42. The molecule has 0 radical (unpaired) electrons. The van der Waals surface area contributed by atoms with Crippen LogP contribution in [0.15, 0.2) is 0 Å². The Kier molecular flexibility index (Phi) is 3.23. The summed E-state index contributed by atoms with van der Waals surface area (Å²) < 4.78 is 5.26. The maximum absolute atomic E-state index is 11.8. The van der Waals surface area contributed by atoms with Crippen molar-refractivity contribution in [2.45, 2.75) is 58.2 Å². The summed E-state index contributed by atoms with van der Waals surface area (Å²) >= 11 is 0. The Hall–Kier alpha value is -1.24. The molecule has 4 heteroatoms. The Labute approximate surface area is 90.8 Å². The van der Waals surface area contributed by atoms with Crippen molar-refractivity contribution in [2.24, 2.45) is 0 Å². The summed E-state index contributed by atoms with van der Waals surface area (Å²) in [6.07, 6.45) is 1.24. The van der Waals surface area contributed by atoms with Crippen LogP contribution in [0.5, 0.6) is 0 Å². The van der Waals surface area contributed by atoms with Crippen LogP contribution in [-0.2, 0) is 4.74 Å². The minimum atomic E-state index is -0.501. The van der Waals surface area contributed by atoms with Crippen molar-refractivity contribution in [3.63, 3.8) is 0 Å². The lowest BCUT2D eigenvalue weighted by molar-refractivity contribution is 0.0199. The quantitative estimate of drug-likeness (QED) is 0.616. The van der Waals surface area contributed by atoms with Gasteiger partial charge in [-0.1, -0.05) is 0 Å². The first-order chi connectivity index (χ1) is 6.85. The second-order valence-electron chi connectivity index (χ2n) is 4.96. The predicted octanol–water partition coefficient (Wildman–Crippen LogP) is 2.30. The average Bonchev–Trinajstić information content (AvgIpc) is 2.43. The van der Waals surface area contributed by atoms with Crippen molar-refractivity contribution in [1.29, 1.82) is 5.26 Å². The smallest absolute Gasteiger partial charge is 0.411 e. The van der Waals surface area contributed by atoms with E-state index in [1.807, 2.05) is 27.7 Å². The minimum Gasteiger partial charge on any atom is -0.444 e. The zero-order valence-corrected chi connectivity index (χ0v) is 9.78.